The van der Waals surface area contributed by atoms with Gasteiger partial charge in [-0.05, 0) is 18.2 Å². The van der Waals surface area contributed by atoms with Crippen LogP contribution in [0.4, 0.5) is 0 Å². The van der Waals surface area contributed by atoms with Crippen LogP contribution in [0.25, 0.3) is 11.0 Å². The molecule has 7 heteroatoms. The predicted molar refractivity (Wildman–Crippen MR) is 77.3 cm³/mol. The van der Waals surface area contributed by atoms with Crippen LogP contribution in [0.15, 0.2) is 22.7 Å². The monoisotopic (exact) mass is 344 g/mol. The third-order valence-corrected chi connectivity index (χ3v) is 3.83. The summed E-state index contributed by atoms with van der Waals surface area (Å²) in [4.78, 5) is 7.43. The average Bonchev–Trinajstić information content (AvgIpc) is 2.86. The van der Waals surface area contributed by atoms with Gasteiger partial charge in [-0.15, -0.1) is 0 Å². The topological polar surface area (TPSA) is 110 Å². The summed E-state index contributed by atoms with van der Waals surface area (Å²) < 4.78 is 0.895. The second-order valence-corrected chi connectivity index (χ2v) is 5.72. The number of nitrogens with one attached hydrogen (secondary N) is 1. The zero-order valence-corrected chi connectivity index (χ0v) is 12.4. The van der Waals surface area contributed by atoms with Gasteiger partial charge in [-0.2, -0.15) is 0 Å². The molecular weight excluding hydrogens is 328 g/mol. The number of rotatable bonds is 5. The lowest BCUT2D eigenvalue weighted by Crippen LogP contribution is -2.42. The predicted octanol–water partition coefficient (Wildman–Crippen LogP) is 0.504. The van der Waals surface area contributed by atoms with E-state index >= 15 is 0 Å². The minimum atomic E-state index is -1.44. The Morgan fingerprint density at radius 3 is 2.60 bits per heavy atom. The molecule has 6 nitrogen and oxygen atoms in total. The minimum absolute atomic E-state index is 0.509. The maximum Gasteiger partial charge on any atom is 0.112 e. The second-order valence-electron chi connectivity index (χ2n) is 4.80. The standard InChI is InChI=1S/C13H17BrN2O4/c1-6(11(19)12(20)10(18)5-17)13-15-8-3-2-7(14)4-9(8)16-13/h2-4,6,10-12,17-20H,5H2,1H3,(H,15,16)/t6?,10?,11-,12-/m1/s1. The van der Waals surface area contributed by atoms with Gasteiger partial charge in [0.1, 0.15) is 18.0 Å². The highest BCUT2D eigenvalue weighted by molar-refractivity contribution is 9.10. The highest BCUT2D eigenvalue weighted by Gasteiger charge is 2.30. The molecule has 0 aliphatic carbocycles. The first kappa shape index (κ1) is 15.4. The van der Waals surface area contributed by atoms with Crippen molar-refractivity contribution in [2.45, 2.75) is 31.2 Å². The molecule has 0 radical (unpaired) electrons. The van der Waals surface area contributed by atoms with Gasteiger partial charge in [0.25, 0.3) is 0 Å². The molecule has 5 N–H and O–H groups in total. The fourth-order valence-electron chi connectivity index (χ4n) is 2.01. The van der Waals surface area contributed by atoms with Crippen molar-refractivity contribution in [3.05, 3.63) is 28.5 Å². The minimum Gasteiger partial charge on any atom is -0.394 e. The molecule has 2 unspecified atom stereocenters. The Morgan fingerprint density at radius 1 is 1.25 bits per heavy atom. The molecule has 1 heterocycles. The lowest BCUT2D eigenvalue weighted by molar-refractivity contribution is -0.0832. The first-order valence-corrected chi connectivity index (χ1v) is 7.03. The van der Waals surface area contributed by atoms with Crippen molar-refractivity contribution >= 4 is 27.0 Å². The molecular formula is C13H17BrN2O4. The summed E-state index contributed by atoms with van der Waals surface area (Å²) in [7, 11) is 0. The Kier molecular flexibility index (Phi) is 4.77. The molecule has 0 bridgehead atoms. The summed E-state index contributed by atoms with van der Waals surface area (Å²) in [5.41, 5.74) is 1.56. The second kappa shape index (κ2) is 6.19. The number of hydrogen-bond acceptors (Lipinski definition) is 5. The van der Waals surface area contributed by atoms with Crippen LogP contribution in [0.1, 0.15) is 18.7 Å². The Morgan fingerprint density at radius 2 is 1.95 bits per heavy atom. The van der Waals surface area contributed by atoms with Crippen molar-refractivity contribution in [3.63, 3.8) is 0 Å². The molecule has 0 fully saturated rings. The Bertz CT molecular complexity index is 589. The summed E-state index contributed by atoms with van der Waals surface area (Å²) in [6, 6.07) is 5.57. The number of imidazole rings is 1. The van der Waals surface area contributed by atoms with Crippen LogP contribution < -0.4 is 0 Å². The molecule has 1 aromatic heterocycles. The smallest absolute Gasteiger partial charge is 0.112 e. The van der Waals surface area contributed by atoms with Gasteiger partial charge in [0.15, 0.2) is 0 Å². The third kappa shape index (κ3) is 3.02. The summed E-state index contributed by atoms with van der Waals surface area (Å²) in [6.07, 6.45) is -4.05. The fourth-order valence-corrected chi connectivity index (χ4v) is 2.36. The van der Waals surface area contributed by atoms with E-state index in [1.807, 2.05) is 18.2 Å². The molecule has 2 aromatic rings. The first-order chi connectivity index (χ1) is 9.43. The highest BCUT2D eigenvalue weighted by atomic mass is 79.9. The number of aromatic amines is 1. The van der Waals surface area contributed by atoms with Crippen molar-refractivity contribution in [1.29, 1.82) is 0 Å². The zero-order valence-electron chi connectivity index (χ0n) is 10.9. The average molecular weight is 345 g/mol. The van der Waals surface area contributed by atoms with Gasteiger partial charge in [-0.25, -0.2) is 4.98 Å². The molecule has 1 aromatic carbocycles. The summed E-state index contributed by atoms with van der Waals surface area (Å²) in [6.45, 7) is 1.07. The van der Waals surface area contributed by atoms with Gasteiger partial charge in [0, 0.05) is 10.4 Å². The number of hydrogen-bond donors (Lipinski definition) is 5. The Hall–Kier alpha value is -0.990. The van der Waals surface area contributed by atoms with Crippen molar-refractivity contribution in [2.75, 3.05) is 6.61 Å². The molecule has 0 saturated carbocycles. The number of aliphatic hydroxyl groups excluding tert-OH is 4. The van der Waals surface area contributed by atoms with E-state index in [1.165, 1.54) is 0 Å². The molecule has 20 heavy (non-hydrogen) atoms. The molecule has 0 spiro atoms. The van der Waals surface area contributed by atoms with E-state index in [4.69, 9.17) is 5.11 Å². The molecule has 4 atom stereocenters. The quantitative estimate of drug-likeness (QED) is 0.542. The number of H-pyrrole nitrogens is 1. The maximum absolute atomic E-state index is 10.0. The summed E-state index contributed by atoms with van der Waals surface area (Å²) in [5, 5.41) is 37.9. The highest BCUT2D eigenvalue weighted by Crippen LogP contribution is 2.24. The van der Waals surface area contributed by atoms with E-state index in [9.17, 15) is 15.3 Å². The SMILES string of the molecule is CC(c1nc2cc(Br)ccc2[nH]1)[C@@H](O)[C@H](O)C(O)CO. The maximum atomic E-state index is 10.0. The number of fused-ring (bicyclic) bond motifs is 1. The van der Waals surface area contributed by atoms with E-state index in [0.717, 1.165) is 15.5 Å². The lowest BCUT2D eigenvalue weighted by Gasteiger charge is -2.25. The van der Waals surface area contributed by atoms with E-state index in [0.29, 0.717) is 5.82 Å². The van der Waals surface area contributed by atoms with Crippen LogP contribution in [-0.2, 0) is 0 Å². The molecule has 0 aliphatic heterocycles. The van der Waals surface area contributed by atoms with Crippen LogP contribution in [0.2, 0.25) is 0 Å². The Labute approximate surface area is 124 Å². The van der Waals surface area contributed by atoms with Crippen LogP contribution >= 0.6 is 15.9 Å². The molecule has 0 amide bonds. The van der Waals surface area contributed by atoms with Crippen LogP contribution in [-0.4, -0.2) is 55.3 Å². The third-order valence-electron chi connectivity index (χ3n) is 3.34. The number of benzene rings is 1. The summed E-state index contributed by atoms with van der Waals surface area (Å²) in [5.74, 6) is -0.00725. The van der Waals surface area contributed by atoms with Gasteiger partial charge in [-0.3, -0.25) is 0 Å². The molecule has 0 saturated heterocycles. The van der Waals surface area contributed by atoms with Crippen LogP contribution in [0.3, 0.4) is 0 Å². The van der Waals surface area contributed by atoms with E-state index in [2.05, 4.69) is 25.9 Å². The van der Waals surface area contributed by atoms with Crippen LogP contribution in [0.5, 0.6) is 0 Å². The number of aromatic nitrogens is 2. The van der Waals surface area contributed by atoms with E-state index in [1.54, 1.807) is 6.92 Å². The van der Waals surface area contributed by atoms with Crippen LogP contribution in [0, 0.1) is 0 Å². The number of halogens is 1. The molecule has 110 valence electrons. The lowest BCUT2D eigenvalue weighted by atomic mass is 9.96. The Balaban J connectivity index is 2.24. The van der Waals surface area contributed by atoms with Crippen molar-refractivity contribution < 1.29 is 20.4 Å². The van der Waals surface area contributed by atoms with Gasteiger partial charge in [0.05, 0.1) is 23.7 Å². The van der Waals surface area contributed by atoms with Crippen molar-refractivity contribution in [3.8, 4) is 0 Å². The normalized spacial score (nSPS) is 17.9. The van der Waals surface area contributed by atoms with Crippen molar-refractivity contribution in [2.24, 2.45) is 0 Å². The van der Waals surface area contributed by atoms with E-state index in [-0.39, 0.29) is 0 Å². The van der Waals surface area contributed by atoms with Crippen molar-refractivity contribution in [1.82, 2.24) is 9.97 Å². The largest absolute Gasteiger partial charge is 0.394 e. The van der Waals surface area contributed by atoms with Gasteiger partial charge in [0.2, 0.25) is 0 Å². The van der Waals surface area contributed by atoms with Gasteiger partial charge < -0.3 is 25.4 Å². The molecule has 0 aliphatic rings. The van der Waals surface area contributed by atoms with E-state index < -0.39 is 30.8 Å². The number of nitrogens with zero attached hydrogens (tertiary/aromatic N) is 1. The van der Waals surface area contributed by atoms with Gasteiger partial charge in [-0.1, -0.05) is 22.9 Å². The first-order valence-electron chi connectivity index (χ1n) is 6.24. The summed E-state index contributed by atoms with van der Waals surface area (Å²) >= 11 is 3.36. The van der Waals surface area contributed by atoms with Gasteiger partial charge >= 0.3 is 0 Å². The fraction of sp³-hybridized carbons (Fsp3) is 0.462. The zero-order chi connectivity index (χ0) is 14.9. The number of aliphatic hydroxyl groups is 4. The molecule has 2 rings (SSSR count).